The lowest BCUT2D eigenvalue weighted by molar-refractivity contribution is 0.169. The third kappa shape index (κ3) is 2.54. The van der Waals surface area contributed by atoms with Crippen LogP contribution in [0, 0.1) is 0 Å². The van der Waals surface area contributed by atoms with E-state index < -0.39 is 10.0 Å². The molecule has 0 amide bonds. The fraction of sp³-hybridized carbons (Fsp3) is 0.750. The fourth-order valence-electron chi connectivity index (χ4n) is 3.04. The number of nitrogens with zero attached hydrogens (tertiary/aromatic N) is 3. The highest BCUT2D eigenvalue weighted by atomic mass is 32.2. The number of sulfonamides is 1. The Morgan fingerprint density at radius 1 is 1.21 bits per heavy atom. The van der Waals surface area contributed by atoms with Crippen LogP contribution in [0.4, 0.5) is 0 Å². The number of rotatable bonds is 3. The molecule has 2 aliphatic heterocycles. The van der Waals surface area contributed by atoms with E-state index in [0.717, 1.165) is 19.5 Å². The quantitative estimate of drug-likeness (QED) is 0.885. The van der Waals surface area contributed by atoms with E-state index in [4.69, 9.17) is 0 Å². The third-order valence-electron chi connectivity index (χ3n) is 4.14. The second kappa shape index (κ2) is 5.22. The van der Waals surface area contributed by atoms with E-state index >= 15 is 0 Å². The van der Waals surface area contributed by atoms with E-state index in [2.05, 4.69) is 15.1 Å². The monoisotopic (exact) mass is 284 g/mol. The van der Waals surface area contributed by atoms with Gasteiger partial charge in [-0.1, -0.05) is 6.42 Å². The maximum atomic E-state index is 12.4. The molecule has 1 N–H and O–H groups in total. The zero-order valence-electron chi connectivity index (χ0n) is 11.0. The van der Waals surface area contributed by atoms with Crippen molar-refractivity contribution >= 4 is 10.0 Å². The molecule has 1 aromatic heterocycles. The number of hydrogen-bond acceptors (Lipinski definition) is 4. The number of hydrogen-bond donors (Lipinski definition) is 1. The molecule has 0 bridgehead atoms. The van der Waals surface area contributed by atoms with Crippen LogP contribution >= 0.6 is 0 Å². The summed E-state index contributed by atoms with van der Waals surface area (Å²) in [5.41, 5.74) is 0. The van der Waals surface area contributed by atoms with Gasteiger partial charge < -0.3 is 0 Å². The minimum Gasteiger partial charge on any atom is -0.299 e. The average molecular weight is 284 g/mol. The first-order valence-corrected chi connectivity index (χ1v) is 8.35. The van der Waals surface area contributed by atoms with Crippen LogP contribution < -0.4 is 0 Å². The minimum atomic E-state index is -3.35. The number of H-pyrrole nitrogens is 1. The van der Waals surface area contributed by atoms with Crippen molar-refractivity contribution in [2.75, 3.05) is 26.2 Å². The second-order valence-electron chi connectivity index (χ2n) is 5.34. The predicted molar refractivity (Wildman–Crippen MR) is 71.2 cm³/mol. The molecule has 1 unspecified atom stereocenters. The molecule has 106 valence electrons. The molecule has 0 aromatic carbocycles. The van der Waals surface area contributed by atoms with Gasteiger partial charge in [-0.15, -0.1) is 0 Å². The van der Waals surface area contributed by atoms with Gasteiger partial charge >= 0.3 is 0 Å². The molecule has 0 aliphatic carbocycles. The highest BCUT2D eigenvalue weighted by molar-refractivity contribution is 7.89. The summed E-state index contributed by atoms with van der Waals surface area (Å²) in [5, 5.41) is 6.30. The molecule has 2 fully saturated rings. The molecule has 2 saturated heterocycles. The molecule has 19 heavy (non-hydrogen) atoms. The summed E-state index contributed by atoms with van der Waals surface area (Å²) in [6, 6.07) is 0.391. The Bertz CT molecular complexity index is 508. The van der Waals surface area contributed by atoms with Crippen molar-refractivity contribution < 1.29 is 8.42 Å². The largest absolute Gasteiger partial charge is 0.299 e. The van der Waals surface area contributed by atoms with Crippen molar-refractivity contribution in [2.45, 2.75) is 36.6 Å². The van der Waals surface area contributed by atoms with Gasteiger partial charge in [0.15, 0.2) is 0 Å². The maximum absolute atomic E-state index is 12.4. The SMILES string of the molecule is O=S(=O)(c1cn[nH]c1)N1CCC(N2CCCCC2)C1. The van der Waals surface area contributed by atoms with Gasteiger partial charge in [-0.05, 0) is 32.4 Å². The van der Waals surface area contributed by atoms with E-state index in [-0.39, 0.29) is 4.90 Å². The van der Waals surface area contributed by atoms with Gasteiger partial charge in [0.1, 0.15) is 4.90 Å². The first-order valence-electron chi connectivity index (χ1n) is 6.91. The van der Waals surface area contributed by atoms with E-state index in [1.165, 1.54) is 31.7 Å². The van der Waals surface area contributed by atoms with Gasteiger partial charge in [0.2, 0.25) is 10.0 Å². The Balaban J connectivity index is 1.68. The molecule has 0 radical (unpaired) electrons. The number of piperidine rings is 1. The Hall–Kier alpha value is -0.920. The second-order valence-corrected chi connectivity index (χ2v) is 7.27. The number of likely N-dealkylation sites (tertiary alicyclic amines) is 1. The van der Waals surface area contributed by atoms with E-state index in [0.29, 0.717) is 19.1 Å². The van der Waals surface area contributed by atoms with Gasteiger partial charge in [0.05, 0.1) is 6.20 Å². The average Bonchev–Trinajstić information content (AvgIpc) is 3.12. The van der Waals surface area contributed by atoms with Crippen LogP contribution in [0.15, 0.2) is 17.3 Å². The molecule has 7 heteroatoms. The van der Waals surface area contributed by atoms with Crippen LogP contribution in [0.5, 0.6) is 0 Å². The molecule has 3 heterocycles. The molecule has 3 rings (SSSR count). The smallest absolute Gasteiger partial charge is 0.246 e. The zero-order chi connectivity index (χ0) is 13.3. The summed E-state index contributed by atoms with van der Waals surface area (Å²) < 4.78 is 26.3. The van der Waals surface area contributed by atoms with Crippen LogP contribution in [0.1, 0.15) is 25.7 Å². The zero-order valence-corrected chi connectivity index (χ0v) is 11.8. The van der Waals surface area contributed by atoms with Crippen LogP contribution in [-0.2, 0) is 10.0 Å². The number of nitrogens with one attached hydrogen (secondary N) is 1. The summed E-state index contributed by atoms with van der Waals surface area (Å²) >= 11 is 0. The Morgan fingerprint density at radius 3 is 2.68 bits per heavy atom. The Kier molecular flexibility index (Phi) is 3.60. The van der Waals surface area contributed by atoms with Gasteiger partial charge in [-0.3, -0.25) is 10.00 Å². The minimum absolute atomic E-state index is 0.270. The third-order valence-corrected chi connectivity index (χ3v) is 5.97. The van der Waals surface area contributed by atoms with Crippen LogP contribution in [0.2, 0.25) is 0 Å². The molecular weight excluding hydrogens is 264 g/mol. The van der Waals surface area contributed by atoms with E-state index in [1.807, 2.05) is 0 Å². The molecule has 0 saturated carbocycles. The van der Waals surface area contributed by atoms with Gasteiger partial charge in [-0.2, -0.15) is 9.40 Å². The Morgan fingerprint density at radius 2 is 2.00 bits per heavy atom. The number of aromatic nitrogens is 2. The normalized spacial score (nSPS) is 26.8. The van der Waals surface area contributed by atoms with E-state index in [1.54, 1.807) is 4.31 Å². The molecule has 2 aliphatic rings. The highest BCUT2D eigenvalue weighted by Gasteiger charge is 2.35. The van der Waals surface area contributed by atoms with Crippen molar-refractivity contribution in [3.05, 3.63) is 12.4 Å². The molecule has 1 aromatic rings. The summed E-state index contributed by atoms with van der Waals surface area (Å²) in [6.07, 6.45) is 7.56. The van der Waals surface area contributed by atoms with Gasteiger partial charge in [0, 0.05) is 25.3 Å². The topological polar surface area (TPSA) is 69.3 Å². The lowest BCUT2D eigenvalue weighted by Crippen LogP contribution is -2.41. The van der Waals surface area contributed by atoms with Crippen LogP contribution in [-0.4, -0.2) is 60.0 Å². The Labute approximate surface area is 113 Å². The van der Waals surface area contributed by atoms with Crippen molar-refractivity contribution in [2.24, 2.45) is 0 Å². The molecule has 0 spiro atoms. The van der Waals surface area contributed by atoms with Gasteiger partial charge in [0.25, 0.3) is 0 Å². The predicted octanol–water partition coefficient (Wildman–Crippen LogP) is 0.659. The molecule has 1 atom stereocenters. The standard InChI is InChI=1S/C12H20N4O2S/c17-19(18,12-8-13-14-9-12)16-7-4-11(10-16)15-5-2-1-3-6-15/h8-9,11H,1-7,10H2,(H,13,14). The van der Waals surface area contributed by atoms with Crippen LogP contribution in [0.3, 0.4) is 0 Å². The van der Waals surface area contributed by atoms with Crippen molar-refractivity contribution in [1.29, 1.82) is 0 Å². The molecular formula is C12H20N4O2S. The molecule has 6 nitrogen and oxygen atoms in total. The first kappa shape index (κ1) is 13.1. The van der Waals surface area contributed by atoms with Gasteiger partial charge in [-0.25, -0.2) is 8.42 Å². The number of aromatic amines is 1. The summed E-state index contributed by atoms with van der Waals surface area (Å²) in [6.45, 7) is 3.47. The fourth-order valence-corrected chi connectivity index (χ4v) is 4.44. The van der Waals surface area contributed by atoms with Crippen molar-refractivity contribution in [3.63, 3.8) is 0 Å². The maximum Gasteiger partial charge on any atom is 0.246 e. The van der Waals surface area contributed by atoms with Crippen molar-refractivity contribution in [1.82, 2.24) is 19.4 Å². The van der Waals surface area contributed by atoms with Crippen molar-refractivity contribution in [3.8, 4) is 0 Å². The van der Waals surface area contributed by atoms with E-state index in [9.17, 15) is 8.42 Å². The lowest BCUT2D eigenvalue weighted by atomic mass is 10.1. The summed E-state index contributed by atoms with van der Waals surface area (Å²) in [5.74, 6) is 0. The summed E-state index contributed by atoms with van der Waals surface area (Å²) in [7, 11) is -3.35. The first-order chi connectivity index (χ1) is 9.18. The highest BCUT2D eigenvalue weighted by Crippen LogP contribution is 2.24. The summed E-state index contributed by atoms with van der Waals surface area (Å²) in [4.78, 5) is 2.72. The lowest BCUT2D eigenvalue weighted by Gasteiger charge is -2.32. The van der Waals surface area contributed by atoms with Crippen LogP contribution in [0.25, 0.3) is 0 Å².